The van der Waals surface area contributed by atoms with Crippen molar-refractivity contribution in [1.29, 1.82) is 0 Å². The summed E-state index contributed by atoms with van der Waals surface area (Å²) in [5.41, 5.74) is 2.77. The fourth-order valence-corrected chi connectivity index (χ4v) is 6.74. The van der Waals surface area contributed by atoms with Crippen molar-refractivity contribution in [1.82, 2.24) is 14.5 Å². The number of piperidine rings is 1. The lowest BCUT2D eigenvalue weighted by Gasteiger charge is -2.54. The van der Waals surface area contributed by atoms with E-state index in [1.807, 2.05) is 44.3 Å². The monoisotopic (exact) mass is 419 g/mol. The second kappa shape index (κ2) is 6.21. The van der Waals surface area contributed by atoms with Gasteiger partial charge in [0.1, 0.15) is 11.4 Å². The minimum absolute atomic E-state index is 0.0101. The fourth-order valence-electron chi connectivity index (χ4n) is 6.74. The molecule has 2 aromatic rings. The molecule has 4 atom stereocenters. The van der Waals surface area contributed by atoms with Crippen LogP contribution in [0.2, 0.25) is 0 Å². The molecule has 4 aliphatic rings. The molecule has 4 unspecified atom stereocenters. The van der Waals surface area contributed by atoms with E-state index in [1.54, 1.807) is 0 Å². The molecule has 1 saturated carbocycles. The highest BCUT2D eigenvalue weighted by molar-refractivity contribution is 5.95. The van der Waals surface area contributed by atoms with E-state index in [1.165, 1.54) is 11.1 Å². The Labute approximate surface area is 182 Å². The summed E-state index contributed by atoms with van der Waals surface area (Å²) in [5, 5.41) is 0. The Morgan fingerprint density at radius 1 is 1.13 bits per heavy atom. The average Bonchev–Trinajstić information content (AvgIpc) is 3.37. The number of nitrogens with zero attached hydrogens (tertiary/aromatic N) is 3. The number of benzene rings is 1. The first-order valence-electron chi connectivity index (χ1n) is 11.4. The number of hydrogen-bond donors (Lipinski definition) is 0. The van der Waals surface area contributed by atoms with Gasteiger partial charge in [0.05, 0.1) is 24.3 Å². The van der Waals surface area contributed by atoms with Gasteiger partial charge >= 0.3 is 6.09 Å². The smallest absolute Gasteiger partial charge is 0.410 e. The third-order valence-electron chi connectivity index (χ3n) is 7.85. The third-order valence-corrected chi connectivity index (χ3v) is 7.85. The van der Waals surface area contributed by atoms with Gasteiger partial charge in [-0.15, -0.1) is 0 Å². The van der Waals surface area contributed by atoms with Crippen LogP contribution in [-0.2, 0) is 9.53 Å². The van der Waals surface area contributed by atoms with Crippen molar-refractivity contribution < 1.29 is 14.3 Å². The number of carbonyl (C=O) groups excluding carboxylic acids is 2. The van der Waals surface area contributed by atoms with Crippen LogP contribution in [0.25, 0.3) is 11.3 Å². The Balaban J connectivity index is 1.24. The molecule has 2 saturated heterocycles. The molecule has 6 nitrogen and oxygen atoms in total. The maximum Gasteiger partial charge on any atom is 0.410 e. The zero-order chi connectivity index (χ0) is 21.5. The van der Waals surface area contributed by atoms with Crippen LogP contribution in [0.4, 0.5) is 4.79 Å². The number of imidazole rings is 1. The molecule has 0 radical (unpaired) electrons. The number of hydrogen-bond acceptors (Lipinski definition) is 4. The van der Waals surface area contributed by atoms with Gasteiger partial charge in [-0.2, -0.15) is 0 Å². The Morgan fingerprint density at radius 2 is 1.84 bits per heavy atom. The molecule has 31 heavy (non-hydrogen) atoms. The second-order valence-electron chi connectivity index (χ2n) is 10.9. The summed E-state index contributed by atoms with van der Waals surface area (Å²) in [6.07, 6.45) is 7.96. The molecule has 1 aliphatic carbocycles. The molecule has 1 spiro atoms. The maximum atomic E-state index is 13.7. The molecule has 1 aromatic carbocycles. The van der Waals surface area contributed by atoms with Gasteiger partial charge in [-0.05, 0) is 58.4 Å². The number of aromatic nitrogens is 2. The van der Waals surface area contributed by atoms with Crippen LogP contribution < -0.4 is 0 Å². The standard InChI is InChI=1S/C25H29N3O3/c1-24(2,3)31-23(30)28-15-8-9-16(28)11-25(10-15)12-19(22(25)29)21-18-7-5-4-6-17(18)20-13-26-14-27(20)21/h4-7,13-16,19,21H,8-12H2,1-3H3. The minimum atomic E-state index is -0.499. The van der Waals surface area contributed by atoms with Gasteiger partial charge in [0, 0.05) is 29.0 Å². The largest absolute Gasteiger partial charge is 0.444 e. The Bertz CT molecular complexity index is 1070. The summed E-state index contributed by atoms with van der Waals surface area (Å²) in [7, 11) is 0. The highest BCUT2D eigenvalue weighted by Gasteiger charge is 2.63. The molecule has 2 bridgehead atoms. The highest BCUT2D eigenvalue weighted by atomic mass is 16.6. The van der Waals surface area contributed by atoms with E-state index in [4.69, 9.17) is 4.74 Å². The molecular formula is C25H29N3O3. The van der Waals surface area contributed by atoms with Gasteiger partial charge in [-0.1, -0.05) is 24.3 Å². The summed E-state index contributed by atoms with van der Waals surface area (Å²) >= 11 is 0. The summed E-state index contributed by atoms with van der Waals surface area (Å²) in [4.78, 5) is 32.8. The molecule has 4 heterocycles. The lowest BCUT2D eigenvalue weighted by atomic mass is 9.53. The van der Waals surface area contributed by atoms with E-state index >= 15 is 0 Å². The van der Waals surface area contributed by atoms with Crippen molar-refractivity contribution in [3.8, 4) is 11.3 Å². The van der Waals surface area contributed by atoms with Gasteiger partial charge < -0.3 is 14.2 Å². The Kier molecular flexibility index (Phi) is 3.82. The number of rotatable bonds is 1. The topological polar surface area (TPSA) is 64.4 Å². The zero-order valence-electron chi connectivity index (χ0n) is 18.4. The van der Waals surface area contributed by atoms with Crippen LogP contribution in [-0.4, -0.2) is 44.0 Å². The number of Topliss-reactive ketones (excluding diaryl/α,β-unsaturated/α-hetero) is 1. The highest BCUT2D eigenvalue weighted by Crippen LogP contribution is 2.60. The van der Waals surface area contributed by atoms with Crippen molar-refractivity contribution in [3.05, 3.63) is 42.4 Å². The van der Waals surface area contributed by atoms with Crippen LogP contribution in [0.3, 0.4) is 0 Å². The lowest BCUT2D eigenvalue weighted by molar-refractivity contribution is -0.155. The average molecular weight is 420 g/mol. The maximum absolute atomic E-state index is 13.7. The Hall–Kier alpha value is -2.63. The molecule has 1 aromatic heterocycles. The van der Waals surface area contributed by atoms with Crippen molar-refractivity contribution in [3.63, 3.8) is 0 Å². The van der Waals surface area contributed by atoms with E-state index in [0.29, 0.717) is 5.78 Å². The first-order valence-corrected chi connectivity index (χ1v) is 11.4. The quantitative estimate of drug-likeness (QED) is 0.678. The summed E-state index contributed by atoms with van der Waals surface area (Å²) in [6.45, 7) is 5.71. The molecule has 6 rings (SSSR count). The van der Waals surface area contributed by atoms with E-state index in [2.05, 4.69) is 27.8 Å². The van der Waals surface area contributed by atoms with E-state index < -0.39 is 5.60 Å². The molecule has 3 aliphatic heterocycles. The minimum Gasteiger partial charge on any atom is -0.444 e. The number of amides is 1. The van der Waals surface area contributed by atoms with Crippen LogP contribution in [0, 0.1) is 11.3 Å². The van der Waals surface area contributed by atoms with E-state index in [0.717, 1.165) is 37.8 Å². The Morgan fingerprint density at radius 3 is 2.52 bits per heavy atom. The van der Waals surface area contributed by atoms with Crippen LogP contribution >= 0.6 is 0 Å². The molecule has 3 fully saturated rings. The first-order chi connectivity index (χ1) is 14.8. The predicted octanol–water partition coefficient (Wildman–Crippen LogP) is 4.59. The van der Waals surface area contributed by atoms with E-state index in [9.17, 15) is 9.59 Å². The van der Waals surface area contributed by atoms with Crippen LogP contribution in [0.5, 0.6) is 0 Å². The van der Waals surface area contributed by atoms with Gasteiger partial charge in [0.2, 0.25) is 0 Å². The van der Waals surface area contributed by atoms with Gasteiger partial charge in [0.15, 0.2) is 0 Å². The first kappa shape index (κ1) is 19.1. The number of ether oxygens (including phenoxy) is 1. The number of ketones is 1. The summed E-state index contributed by atoms with van der Waals surface area (Å²) in [6, 6.07) is 8.68. The molecular weight excluding hydrogens is 390 g/mol. The van der Waals surface area contributed by atoms with Gasteiger partial charge in [-0.3, -0.25) is 4.79 Å². The van der Waals surface area contributed by atoms with Crippen molar-refractivity contribution >= 4 is 11.9 Å². The SMILES string of the molecule is CC(C)(C)OC(=O)N1C2CCC1CC1(CC(C3c4ccccc4-c4cncn43)C1=O)C2. The predicted molar refractivity (Wildman–Crippen MR) is 115 cm³/mol. The third kappa shape index (κ3) is 2.66. The van der Waals surface area contributed by atoms with Crippen LogP contribution in [0.15, 0.2) is 36.8 Å². The molecule has 0 N–H and O–H groups in total. The van der Waals surface area contributed by atoms with Crippen molar-refractivity contribution in [2.24, 2.45) is 11.3 Å². The van der Waals surface area contributed by atoms with Gasteiger partial charge in [0.25, 0.3) is 0 Å². The molecule has 6 heteroatoms. The zero-order valence-corrected chi connectivity index (χ0v) is 18.4. The molecule has 162 valence electrons. The fraction of sp³-hybridized carbons (Fsp3) is 0.560. The lowest BCUT2D eigenvalue weighted by Crippen LogP contribution is -2.60. The molecule has 1 amide bonds. The van der Waals surface area contributed by atoms with Gasteiger partial charge in [-0.25, -0.2) is 9.78 Å². The van der Waals surface area contributed by atoms with Crippen LogP contribution in [0.1, 0.15) is 64.5 Å². The number of carbonyl (C=O) groups is 2. The number of fused-ring (bicyclic) bond motifs is 5. The van der Waals surface area contributed by atoms with E-state index in [-0.39, 0.29) is 35.6 Å². The normalized spacial score (nSPS) is 33.3. The summed E-state index contributed by atoms with van der Waals surface area (Å²) in [5.74, 6) is 0.374. The van der Waals surface area contributed by atoms with Crippen molar-refractivity contribution in [2.45, 2.75) is 76.6 Å². The summed E-state index contributed by atoms with van der Waals surface area (Å²) < 4.78 is 7.85. The van der Waals surface area contributed by atoms with Crippen molar-refractivity contribution in [2.75, 3.05) is 0 Å². The second-order valence-corrected chi connectivity index (χ2v) is 10.9.